The molecule has 0 unspecified atom stereocenters. The van der Waals surface area contributed by atoms with Crippen LogP contribution in [0.4, 0.5) is 0 Å². The first kappa shape index (κ1) is 13.7. The summed E-state index contributed by atoms with van der Waals surface area (Å²) in [6.07, 6.45) is 2.43. The summed E-state index contributed by atoms with van der Waals surface area (Å²) in [5.41, 5.74) is 2.82. The number of carboxylic acid groups (broad SMARTS) is 1. The van der Waals surface area contributed by atoms with Crippen LogP contribution in [0.5, 0.6) is 5.75 Å². The predicted octanol–water partition coefficient (Wildman–Crippen LogP) is 3.45. The molecule has 0 saturated heterocycles. The molecular formula is C16H17NO4. The number of aromatic carboxylic acids is 1. The molecular weight excluding hydrogens is 270 g/mol. The van der Waals surface area contributed by atoms with Gasteiger partial charge in [0.2, 0.25) is 0 Å². The lowest BCUT2D eigenvalue weighted by Gasteiger charge is -2.14. The molecule has 1 aromatic carbocycles. The van der Waals surface area contributed by atoms with Gasteiger partial charge < -0.3 is 14.4 Å². The van der Waals surface area contributed by atoms with Gasteiger partial charge in [-0.1, -0.05) is 11.2 Å². The first-order chi connectivity index (χ1) is 10.1. The first-order valence-corrected chi connectivity index (χ1v) is 6.99. The van der Waals surface area contributed by atoms with Crippen LogP contribution in [0, 0.1) is 19.8 Å². The van der Waals surface area contributed by atoms with Crippen molar-refractivity contribution in [3.63, 3.8) is 0 Å². The molecule has 1 aliphatic carbocycles. The fourth-order valence-electron chi connectivity index (χ4n) is 2.16. The number of aromatic nitrogens is 1. The molecule has 110 valence electrons. The molecule has 1 N–H and O–H groups in total. The van der Waals surface area contributed by atoms with Gasteiger partial charge in [0.05, 0.1) is 12.2 Å². The van der Waals surface area contributed by atoms with Crippen LogP contribution in [-0.2, 0) is 0 Å². The summed E-state index contributed by atoms with van der Waals surface area (Å²) in [6.45, 7) is 4.71. The monoisotopic (exact) mass is 287 g/mol. The maximum absolute atomic E-state index is 10.9. The van der Waals surface area contributed by atoms with Crippen LogP contribution < -0.4 is 4.74 Å². The minimum Gasteiger partial charge on any atom is -0.492 e. The summed E-state index contributed by atoms with van der Waals surface area (Å²) in [7, 11) is 0. The van der Waals surface area contributed by atoms with Crippen molar-refractivity contribution >= 4 is 5.97 Å². The zero-order valence-electron chi connectivity index (χ0n) is 12.0. The van der Waals surface area contributed by atoms with E-state index in [0.29, 0.717) is 18.3 Å². The van der Waals surface area contributed by atoms with Gasteiger partial charge in [0, 0.05) is 6.07 Å². The van der Waals surface area contributed by atoms with E-state index in [4.69, 9.17) is 14.4 Å². The summed E-state index contributed by atoms with van der Waals surface area (Å²) in [6, 6.07) is 5.28. The van der Waals surface area contributed by atoms with Crippen molar-refractivity contribution in [2.24, 2.45) is 5.92 Å². The van der Waals surface area contributed by atoms with Crippen molar-refractivity contribution in [1.82, 2.24) is 5.16 Å². The summed E-state index contributed by atoms with van der Waals surface area (Å²) in [5, 5.41) is 12.5. The van der Waals surface area contributed by atoms with Crippen molar-refractivity contribution in [2.45, 2.75) is 26.7 Å². The van der Waals surface area contributed by atoms with E-state index in [9.17, 15) is 4.79 Å². The van der Waals surface area contributed by atoms with Gasteiger partial charge in [0.15, 0.2) is 11.5 Å². The zero-order chi connectivity index (χ0) is 15.0. The molecule has 1 aliphatic rings. The number of rotatable bonds is 5. The Kier molecular flexibility index (Phi) is 3.41. The third-order valence-corrected chi connectivity index (χ3v) is 3.83. The van der Waals surface area contributed by atoms with E-state index < -0.39 is 5.97 Å². The van der Waals surface area contributed by atoms with E-state index in [1.165, 1.54) is 18.9 Å². The number of hydrogen-bond donors (Lipinski definition) is 1. The maximum atomic E-state index is 10.9. The van der Waals surface area contributed by atoms with Crippen LogP contribution >= 0.6 is 0 Å². The second-order valence-corrected chi connectivity index (χ2v) is 5.52. The van der Waals surface area contributed by atoms with E-state index in [0.717, 1.165) is 22.4 Å². The van der Waals surface area contributed by atoms with E-state index in [1.54, 1.807) is 0 Å². The molecule has 2 aromatic rings. The highest BCUT2D eigenvalue weighted by Gasteiger charge is 2.24. The molecule has 0 aliphatic heterocycles. The molecule has 21 heavy (non-hydrogen) atoms. The Hall–Kier alpha value is -2.30. The van der Waals surface area contributed by atoms with Crippen LogP contribution in [-0.4, -0.2) is 22.8 Å². The number of aryl methyl sites for hydroxylation is 1. The lowest BCUT2D eigenvalue weighted by molar-refractivity contribution is 0.0686. The fourth-order valence-corrected chi connectivity index (χ4v) is 2.16. The summed E-state index contributed by atoms with van der Waals surface area (Å²) < 4.78 is 11.1. The Labute approximate surface area is 122 Å². The van der Waals surface area contributed by atoms with Gasteiger partial charge >= 0.3 is 5.97 Å². The largest absolute Gasteiger partial charge is 0.492 e. The average Bonchev–Trinajstić information content (AvgIpc) is 3.14. The highest BCUT2D eigenvalue weighted by Crippen LogP contribution is 2.37. The number of hydrogen-bond acceptors (Lipinski definition) is 4. The van der Waals surface area contributed by atoms with E-state index in [1.807, 2.05) is 26.0 Å². The summed E-state index contributed by atoms with van der Waals surface area (Å²) >= 11 is 0. The maximum Gasteiger partial charge on any atom is 0.358 e. The minimum absolute atomic E-state index is 0.101. The molecule has 5 heteroatoms. The van der Waals surface area contributed by atoms with Gasteiger partial charge in [0.25, 0.3) is 0 Å². The first-order valence-electron chi connectivity index (χ1n) is 6.99. The van der Waals surface area contributed by atoms with E-state index >= 15 is 0 Å². The van der Waals surface area contributed by atoms with Crippen LogP contribution in [0.2, 0.25) is 0 Å². The van der Waals surface area contributed by atoms with Crippen molar-refractivity contribution in [1.29, 1.82) is 0 Å². The number of benzene rings is 1. The third kappa shape index (κ3) is 2.77. The molecule has 1 fully saturated rings. The molecule has 5 nitrogen and oxygen atoms in total. The average molecular weight is 287 g/mol. The van der Waals surface area contributed by atoms with Gasteiger partial charge in [-0.3, -0.25) is 0 Å². The van der Waals surface area contributed by atoms with Crippen molar-refractivity contribution in [3.8, 4) is 17.1 Å². The van der Waals surface area contributed by atoms with E-state index in [2.05, 4.69) is 5.16 Å². The third-order valence-electron chi connectivity index (χ3n) is 3.83. The Morgan fingerprint density at radius 1 is 1.43 bits per heavy atom. The van der Waals surface area contributed by atoms with Crippen molar-refractivity contribution < 1.29 is 19.2 Å². The molecule has 1 saturated carbocycles. The Bertz CT molecular complexity index is 686. The van der Waals surface area contributed by atoms with Gasteiger partial charge in [0.1, 0.15) is 5.75 Å². The van der Waals surface area contributed by atoms with Crippen LogP contribution in [0.15, 0.2) is 22.7 Å². The Morgan fingerprint density at radius 3 is 2.81 bits per heavy atom. The SMILES string of the molecule is Cc1ccc(-c2cc(C(=O)O)no2)c(OCC2CC2)c1C. The molecule has 1 heterocycles. The zero-order valence-corrected chi connectivity index (χ0v) is 12.0. The molecule has 0 atom stereocenters. The topological polar surface area (TPSA) is 72.6 Å². The lowest BCUT2D eigenvalue weighted by atomic mass is 10.0. The number of nitrogens with zero attached hydrogens (tertiary/aromatic N) is 1. The molecule has 1 aromatic heterocycles. The number of ether oxygens (including phenoxy) is 1. The molecule has 3 rings (SSSR count). The predicted molar refractivity (Wildman–Crippen MR) is 76.6 cm³/mol. The minimum atomic E-state index is -1.10. The lowest BCUT2D eigenvalue weighted by Crippen LogP contribution is -2.03. The van der Waals surface area contributed by atoms with Crippen molar-refractivity contribution in [2.75, 3.05) is 6.61 Å². The smallest absolute Gasteiger partial charge is 0.358 e. The Balaban J connectivity index is 1.98. The second kappa shape index (κ2) is 5.24. The van der Waals surface area contributed by atoms with Crippen LogP contribution in [0.25, 0.3) is 11.3 Å². The number of carbonyl (C=O) groups is 1. The highest BCUT2D eigenvalue weighted by atomic mass is 16.5. The fraction of sp³-hybridized carbons (Fsp3) is 0.375. The normalized spacial score (nSPS) is 14.2. The van der Waals surface area contributed by atoms with Gasteiger partial charge in [-0.25, -0.2) is 4.79 Å². The highest BCUT2D eigenvalue weighted by molar-refractivity contribution is 5.87. The summed E-state index contributed by atoms with van der Waals surface area (Å²) in [5.74, 6) is 0.715. The van der Waals surface area contributed by atoms with E-state index in [-0.39, 0.29) is 5.69 Å². The summed E-state index contributed by atoms with van der Waals surface area (Å²) in [4.78, 5) is 10.9. The molecule has 0 radical (unpaired) electrons. The molecule has 0 amide bonds. The van der Waals surface area contributed by atoms with Gasteiger partial charge in [-0.15, -0.1) is 0 Å². The van der Waals surface area contributed by atoms with Crippen LogP contribution in [0.3, 0.4) is 0 Å². The standard InChI is InChI=1S/C16H17NO4/c1-9-3-6-12(14-7-13(16(18)19)17-21-14)15(10(9)2)20-8-11-4-5-11/h3,6-7,11H,4-5,8H2,1-2H3,(H,18,19). The molecule has 0 spiro atoms. The van der Waals surface area contributed by atoms with Gasteiger partial charge in [-0.05, 0) is 49.8 Å². The van der Waals surface area contributed by atoms with Crippen molar-refractivity contribution in [3.05, 3.63) is 35.0 Å². The van der Waals surface area contributed by atoms with Gasteiger partial charge in [-0.2, -0.15) is 0 Å². The second-order valence-electron chi connectivity index (χ2n) is 5.52. The number of carboxylic acids is 1. The molecule has 0 bridgehead atoms. The quantitative estimate of drug-likeness (QED) is 0.911. The van der Waals surface area contributed by atoms with Crippen LogP contribution in [0.1, 0.15) is 34.5 Å². The Morgan fingerprint density at radius 2 is 2.19 bits per heavy atom.